The highest BCUT2D eigenvalue weighted by molar-refractivity contribution is 5.82. The van der Waals surface area contributed by atoms with Crippen molar-refractivity contribution in [2.75, 3.05) is 6.54 Å². The van der Waals surface area contributed by atoms with Crippen LogP contribution in [-0.2, 0) is 32.2 Å². The second kappa shape index (κ2) is 10.8. The molecule has 176 valence electrons. The molecule has 0 spiro atoms. The molecule has 1 fully saturated rings. The first-order valence-electron chi connectivity index (χ1n) is 10.9. The Kier molecular flexibility index (Phi) is 7.92. The van der Waals surface area contributed by atoms with Gasteiger partial charge in [-0.3, -0.25) is 4.90 Å². The summed E-state index contributed by atoms with van der Waals surface area (Å²) in [7, 11) is 0. The monoisotopic (exact) mass is 454 g/mol. The summed E-state index contributed by atoms with van der Waals surface area (Å²) in [5.41, 5.74) is 1.01. The summed E-state index contributed by atoms with van der Waals surface area (Å²) in [6.45, 7) is 5.56. The van der Waals surface area contributed by atoms with E-state index in [0.29, 0.717) is 0 Å². The zero-order valence-corrected chi connectivity index (χ0v) is 19.2. The molecule has 8 heteroatoms. The average Bonchev–Trinajstić information content (AvgIpc) is 3.19. The average molecular weight is 455 g/mol. The van der Waals surface area contributed by atoms with E-state index < -0.39 is 35.8 Å². The van der Waals surface area contributed by atoms with Crippen molar-refractivity contribution in [2.45, 2.75) is 58.1 Å². The van der Waals surface area contributed by atoms with Crippen molar-refractivity contribution >= 4 is 18.2 Å². The Hall–Kier alpha value is -3.55. The molecule has 3 rings (SSSR count). The van der Waals surface area contributed by atoms with Crippen LogP contribution in [0.25, 0.3) is 0 Å². The largest absolute Gasteiger partial charge is 0.459 e. The molecule has 0 bridgehead atoms. The van der Waals surface area contributed by atoms with Gasteiger partial charge in [-0.05, 0) is 31.9 Å². The minimum absolute atomic E-state index is 0.0755. The van der Waals surface area contributed by atoms with Crippen LogP contribution in [0.5, 0.6) is 0 Å². The summed E-state index contributed by atoms with van der Waals surface area (Å²) in [4.78, 5) is 39.2. The van der Waals surface area contributed by atoms with Crippen molar-refractivity contribution in [2.24, 2.45) is 0 Å². The number of hydrogen-bond donors (Lipinski definition) is 1. The number of nitrogens with zero attached hydrogens (tertiary/aromatic N) is 1. The van der Waals surface area contributed by atoms with Crippen LogP contribution in [0, 0.1) is 0 Å². The third-order valence-electron chi connectivity index (χ3n) is 4.96. The molecule has 0 aliphatic carbocycles. The van der Waals surface area contributed by atoms with Gasteiger partial charge in [0.15, 0.2) is 0 Å². The molecule has 1 N–H and O–H groups in total. The van der Waals surface area contributed by atoms with Crippen LogP contribution < -0.4 is 5.32 Å². The van der Waals surface area contributed by atoms with Gasteiger partial charge in [0.1, 0.15) is 24.9 Å². The predicted octanol–water partition coefficient (Wildman–Crippen LogP) is 4.03. The highest BCUT2D eigenvalue weighted by atomic mass is 16.6. The second-order valence-electron chi connectivity index (χ2n) is 8.88. The molecule has 1 aliphatic rings. The van der Waals surface area contributed by atoms with Gasteiger partial charge < -0.3 is 19.5 Å². The maximum Gasteiger partial charge on any atom is 0.410 e. The Morgan fingerprint density at radius 3 is 2.00 bits per heavy atom. The number of esters is 1. The minimum atomic E-state index is -0.878. The van der Waals surface area contributed by atoms with Gasteiger partial charge in [-0.15, -0.1) is 0 Å². The van der Waals surface area contributed by atoms with Crippen molar-refractivity contribution in [1.82, 2.24) is 10.2 Å². The van der Waals surface area contributed by atoms with Gasteiger partial charge in [-0.25, -0.2) is 14.4 Å². The fraction of sp³-hybridized carbons (Fsp3) is 0.400. The summed E-state index contributed by atoms with van der Waals surface area (Å²) >= 11 is 0. The first-order chi connectivity index (χ1) is 15.7. The lowest BCUT2D eigenvalue weighted by Crippen LogP contribution is -2.43. The van der Waals surface area contributed by atoms with E-state index in [1.165, 1.54) is 4.90 Å². The molecule has 1 heterocycles. The highest BCUT2D eigenvalue weighted by Gasteiger charge is 2.42. The molecular weight excluding hydrogens is 424 g/mol. The number of benzene rings is 2. The Morgan fingerprint density at radius 2 is 1.45 bits per heavy atom. The Balaban J connectivity index is 1.65. The van der Waals surface area contributed by atoms with Crippen molar-refractivity contribution in [3.8, 4) is 0 Å². The predicted molar refractivity (Wildman–Crippen MR) is 121 cm³/mol. The molecule has 1 aliphatic heterocycles. The van der Waals surface area contributed by atoms with Crippen LogP contribution in [0.1, 0.15) is 38.3 Å². The third kappa shape index (κ3) is 7.52. The molecule has 2 atom stereocenters. The Bertz CT molecular complexity index is 879. The summed E-state index contributed by atoms with van der Waals surface area (Å²) in [5.74, 6) is -0.552. The van der Waals surface area contributed by atoms with Crippen LogP contribution in [0.3, 0.4) is 0 Å². The second-order valence-corrected chi connectivity index (χ2v) is 8.88. The molecule has 2 amide bonds. The first-order valence-corrected chi connectivity index (χ1v) is 10.9. The number of ether oxygens (including phenoxy) is 3. The molecule has 0 aromatic heterocycles. The van der Waals surface area contributed by atoms with E-state index in [2.05, 4.69) is 5.32 Å². The van der Waals surface area contributed by atoms with Crippen LogP contribution >= 0.6 is 0 Å². The van der Waals surface area contributed by atoms with Gasteiger partial charge >= 0.3 is 18.2 Å². The van der Waals surface area contributed by atoms with Gasteiger partial charge in [0, 0.05) is 13.0 Å². The minimum Gasteiger partial charge on any atom is -0.459 e. The number of likely N-dealkylation sites (tertiary alicyclic amines) is 1. The van der Waals surface area contributed by atoms with Gasteiger partial charge in [-0.2, -0.15) is 0 Å². The number of amides is 2. The molecule has 8 nitrogen and oxygen atoms in total. The fourth-order valence-corrected chi connectivity index (χ4v) is 3.47. The summed E-state index contributed by atoms with van der Waals surface area (Å²) in [6, 6.07) is 17.2. The summed E-state index contributed by atoms with van der Waals surface area (Å²) in [5, 5.41) is 2.73. The zero-order chi connectivity index (χ0) is 23.8. The first kappa shape index (κ1) is 24.1. The van der Waals surface area contributed by atoms with E-state index in [1.54, 1.807) is 20.8 Å². The van der Waals surface area contributed by atoms with Crippen molar-refractivity contribution in [3.63, 3.8) is 0 Å². The standard InChI is InChI=1S/C25H30N2O6/c1-25(2,3)33-23(29)26-20-14-21(22(28)31-16-18-10-6-4-7-11-18)27(15-20)24(30)32-17-19-12-8-5-9-13-19/h4-13,20-21H,14-17H2,1-3H3,(H,26,29)/t20-,21-/m0/s1. The van der Waals surface area contributed by atoms with E-state index >= 15 is 0 Å². The van der Waals surface area contributed by atoms with Crippen LogP contribution in [0.4, 0.5) is 9.59 Å². The molecule has 0 saturated carbocycles. The molecular formula is C25H30N2O6. The lowest BCUT2D eigenvalue weighted by molar-refractivity contribution is -0.149. The fourth-order valence-electron chi connectivity index (χ4n) is 3.47. The van der Waals surface area contributed by atoms with Crippen LogP contribution in [0.2, 0.25) is 0 Å². The van der Waals surface area contributed by atoms with E-state index in [-0.39, 0.29) is 26.2 Å². The number of hydrogen-bond acceptors (Lipinski definition) is 6. The van der Waals surface area contributed by atoms with Gasteiger partial charge in [0.25, 0.3) is 0 Å². The highest BCUT2D eigenvalue weighted by Crippen LogP contribution is 2.22. The van der Waals surface area contributed by atoms with E-state index in [0.717, 1.165) is 11.1 Å². The molecule has 0 radical (unpaired) electrons. The Morgan fingerprint density at radius 1 is 0.909 bits per heavy atom. The molecule has 2 aromatic rings. The van der Waals surface area contributed by atoms with Crippen molar-refractivity contribution in [3.05, 3.63) is 71.8 Å². The van der Waals surface area contributed by atoms with E-state index in [4.69, 9.17) is 14.2 Å². The molecule has 2 aromatic carbocycles. The number of alkyl carbamates (subject to hydrolysis) is 1. The zero-order valence-electron chi connectivity index (χ0n) is 19.2. The van der Waals surface area contributed by atoms with E-state index in [9.17, 15) is 14.4 Å². The lowest BCUT2D eigenvalue weighted by Gasteiger charge is -2.23. The quantitative estimate of drug-likeness (QED) is 0.523. The Labute approximate surface area is 193 Å². The maximum atomic E-state index is 12.9. The normalized spacial score (nSPS) is 17.8. The van der Waals surface area contributed by atoms with Gasteiger partial charge in [-0.1, -0.05) is 60.7 Å². The lowest BCUT2D eigenvalue weighted by atomic mass is 10.1. The molecule has 33 heavy (non-hydrogen) atoms. The topological polar surface area (TPSA) is 94.2 Å². The summed E-state index contributed by atoms with van der Waals surface area (Å²) in [6.07, 6.45) is -1.05. The SMILES string of the molecule is CC(C)(C)OC(=O)N[C@H]1C[C@@H](C(=O)OCc2ccccc2)N(C(=O)OCc2ccccc2)C1. The van der Waals surface area contributed by atoms with Crippen LogP contribution in [0.15, 0.2) is 60.7 Å². The van der Waals surface area contributed by atoms with Gasteiger partial charge in [0.05, 0.1) is 6.04 Å². The third-order valence-corrected chi connectivity index (χ3v) is 4.96. The van der Waals surface area contributed by atoms with E-state index in [1.807, 2.05) is 60.7 Å². The molecule has 0 unspecified atom stereocenters. The van der Waals surface area contributed by atoms with Crippen molar-refractivity contribution in [1.29, 1.82) is 0 Å². The number of rotatable bonds is 6. The van der Waals surface area contributed by atoms with Crippen LogP contribution in [-0.4, -0.2) is 47.3 Å². The maximum absolute atomic E-state index is 12.9. The van der Waals surface area contributed by atoms with Gasteiger partial charge in [0.2, 0.25) is 0 Å². The number of carbonyl (C=O) groups is 3. The summed E-state index contributed by atoms with van der Waals surface area (Å²) < 4.78 is 16.2. The number of carbonyl (C=O) groups excluding carboxylic acids is 3. The molecule has 1 saturated heterocycles. The smallest absolute Gasteiger partial charge is 0.410 e. The number of nitrogens with one attached hydrogen (secondary N) is 1. The van der Waals surface area contributed by atoms with Crippen molar-refractivity contribution < 1.29 is 28.6 Å².